The lowest BCUT2D eigenvalue weighted by Gasteiger charge is -2.03. The number of fused-ring (bicyclic) bond motifs is 2. The monoisotopic (exact) mass is 312 g/mol. The summed E-state index contributed by atoms with van der Waals surface area (Å²) in [5.41, 5.74) is 5.94. The maximum atomic E-state index is 4.44. The van der Waals surface area contributed by atoms with E-state index in [0.717, 1.165) is 23.5 Å². The third-order valence-corrected chi connectivity index (χ3v) is 4.59. The van der Waals surface area contributed by atoms with E-state index < -0.39 is 0 Å². The summed E-state index contributed by atoms with van der Waals surface area (Å²) in [5, 5.41) is 2.52. The van der Waals surface area contributed by atoms with Gasteiger partial charge < -0.3 is 15.0 Å². The Morgan fingerprint density at radius 1 is 0.833 bits per heavy atom. The zero-order valence-corrected chi connectivity index (χ0v) is 13.0. The summed E-state index contributed by atoms with van der Waals surface area (Å²) in [4.78, 5) is 14.6. The van der Waals surface area contributed by atoms with Gasteiger partial charge in [-0.05, 0) is 23.3 Å². The molecular formula is C20H16N4. The Morgan fingerprint density at radius 2 is 1.62 bits per heavy atom. The maximum absolute atomic E-state index is 4.44. The molecule has 0 aliphatic carbocycles. The SMILES string of the molecule is c1ccc2c(Cc3c(-c4ncc[nH]4)[nH]c4ccccc34)c[nH]c2c1. The largest absolute Gasteiger partial charge is 0.361 e. The van der Waals surface area contributed by atoms with Gasteiger partial charge in [0.1, 0.15) is 0 Å². The third kappa shape index (κ3) is 1.97. The van der Waals surface area contributed by atoms with Crippen LogP contribution in [0.2, 0.25) is 0 Å². The van der Waals surface area contributed by atoms with Gasteiger partial charge >= 0.3 is 0 Å². The molecule has 4 heteroatoms. The second kappa shape index (κ2) is 5.13. The van der Waals surface area contributed by atoms with Gasteiger partial charge in [0.25, 0.3) is 0 Å². The zero-order chi connectivity index (χ0) is 15.9. The van der Waals surface area contributed by atoms with Crippen LogP contribution in [0.1, 0.15) is 11.1 Å². The smallest absolute Gasteiger partial charge is 0.154 e. The van der Waals surface area contributed by atoms with Crippen LogP contribution in [0.15, 0.2) is 67.1 Å². The number of nitrogens with zero attached hydrogens (tertiary/aromatic N) is 1. The van der Waals surface area contributed by atoms with Crippen LogP contribution in [0.4, 0.5) is 0 Å². The van der Waals surface area contributed by atoms with Crippen molar-refractivity contribution < 1.29 is 0 Å². The highest BCUT2D eigenvalue weighted by atomic mass is 14.9. The average molecular weight is 312 g/mol. The second-order valence-corrected chi connectivity index (χ2v) is 6.00. The molecule has 3 heterocycles. The number of hydrogen-bond donors (Lipinski definition) is 3. The summed E-state index contributed by atoms with van der Waals surface area (Å²) in [7, 11) is 0. The standard InChI is InChI=1S/C20H16N4/c1-3-7-17-14(5-1)13(12-23-17)11-16-15-6-2-4-8-18(15)24-19(16)20-21-9-10-22-20/h1-10,12,23-24H,11H2,(H,21,22). The highest BCUT2D eigenvalue weighted by molar-refractivity contribution is 5.91. The topological polar surface area (TPSA) is 60.3 Å². The third-order valence-electron chi connectivity index (χ3n) is 4.59. The number of imidazole rings is 1. The molecule has 0 unspecified atom stereocenters. The lowest BCUT2D eigenvalue weighted by atomic mass is 10.0. The Balaban J connectivity index is 1.72. The predicted octanol–water partition coefficient (Wildman–Crippen LogP) is 4.63. The first kappa shape index (κ1) is 13.2. The Morgan fingerprint density at radius 3 is 2.46 bits per heavy atom. The van der Waals surface area contributed by atoms with E-state index in [2.05, 4.69) is 74.7 Å². The summed E-state index contributed by atoms with van der Waals surface area (Å²) < 4.78 is 0. The molecule has 4 nitrogen and oxygen atoms in total. The second-order valence-electron chi connectivity index (χ2n) is 6.00. The summed E-state index contributed by atoms with van der Waals surface area (Å²) in [6.07, 6.45) is 6.61. The quantitative estimate of drug-likeness (QED) is 0.447. The molecule has 0 fully saturated rings. The van der Waals surface area contributed by atoms with Gasteiger partial charge in [-0.15, -0.1) is 0 Å². The first-order valence-corrected chi connectivity index (χ1v) is 8.04. The summed E-state index contributed by atoms with van der Waals surface area (Å²) in [6, 6.07) is 16.8. The molecule has 5 rings (SSSR count). The molecule has 0 aliphatic rings. The first-order valence-electron chi connectivity index (χ1n) is 8.04. The molecule has 5 aromatic rings. The van der Waals surface area contributed by atoms with E-state index in [0.29, 0.717) is 0 Å². The van der Waals surface area contributed by atoms with Gasteiger partial charge in [-0.1, -0.05) is 36.4 Å². The van der Waals surface area contributed by atoms with Gasteiger partial charge in [0.15, 0.2) is 5.82 Å². The van der Waals surface area contributed by atoms with Crippen molar-refractivity contribution in [2.75, 3.05) is 0 Å². The van der Waals surface area contributed by atoms with Crippen LogP contribution < -0.4 is 0 Å². The molecule has 24 heavy (non-hydrogen) atoms. The molecule has 3 N–H and O–H groups in total. The maximum Gasteiger partial charge on any atom is 0.154 e. The van der Waals surface area contributed by atoms with E-state index in [4.69, 9.17) is 0 Å². The first-order chi connectivity index (χ1) is 11.9. The lowest BCUT2D eigenvalue weighted by Crippen LogP contribution is -1.91. The Labute approximate surface area is 138 Å². The van der Waals surface area contributed by atoms with Crippen molar-refractivity contribution in [2.24, 2.45) is 0 Å². The van der Waals surface area contributed by atoms with Gasteiger partial charge in [0, 0.05) is 46.8 Å². The molecular weight excluding hydrogens is 296 g/mol. The fourth-order valence-electron chi connectivity index (χ4n) is 3.46. The number of aromatic amines is 3. The van der Waals surface area contributed by atoms with Crippen LogP contribution in [0.25, 0.3) is 33.3 Å². The minimum atomic E-state index is 0.851. The van der Waals surface area contributed by atoms with Crippen LogP contribution >= 0.6 is 0 Å². The number of para-hydroxylation sites is 2. The normalized spacial score (nSPS) is 11.5. The van der Waals surface area contributed by atoms with E-state index >= 15 is 0 Å². The fourth-order valence-corrected chi connectivity index (χ4v) is 3.46. The number of rotatable bonds is 3. The van der Waals surface area contributed by atoms with Crippen LogP contribution in [0, 0.1) is 0 Å². The minimum Gasteiger partial charge on any atom is -0.361 e. The van der Waals surface area contributed by atoms with Crippen molar-refractivity contribution in [3.63, 3.8) is 0 Å². The highest BCUT2D eigenvalue weighted by Crippen LogP contribution is 2.32. The van der Waals surface area contributed by atoms with Gasteiger partial charge in [0.2, 0.25) is 0 Å². The van der Waals surface area contributed by atoms with E-state index in [1.165, 1.54) is 27.4 Å². The van der Waals surface area contributed by atoms with Gasteiger partial charge in [0.05, 0.1) is 5.69 Å². The molecule has 3 aromatic heterocycles. The molecule has 0 atom stereocenters. The number of benzene rings is 2. The lowest BCUT2D eigenvalue weighted by molar-refractivity contribution is 1.19. The van der Waals surface area contributed by atoms with Crippen molar-refractivity contribution >= 4 is 21.8 Å². The average Bonchev–Trinajstić information content (AvgIpc) is 3.34. The molecule has 116 valence electrons. The van der Waals surface area contributed by atoms with E-state index in [9.17, 15) is 0 Å². The fraction of sp³-hybridized carbons (Fsp3) is 0.0500. The van der Waals surface area contributed by atoms with Crippen LogP contribution in [-0.2, 0) is 6.42 Å². The van der Waals surface area contributed by atoms with Crippen molar-refractivity contribution in [3.05, 3.63) is 78.2 Å². The minimum absolute atomic E-state index is 0.851. The van der Waals surface area contributed by atoms with E-state index in [-0.39, 0.29) is 0 Å². The zero-order valence-electron chi connectivity index (χ0n) is 13.0. The summed E-state index contributed by atoms with van der Waals surface area (Å²) in [5.74, 6) is 0.876. The predicted molar refractivity (Wildman–Crippen MR) is 97.0 cm³/mol. The van der Waals surface area contributed by atoms with Crippen molar-refractivity contribution in [1.29, 1.82) is 0 Å². The van der Waals surface area contributed by atoms with E-state index in [1.54, 1.807) is 6.20 Å². The van der Waals surface area contributed by atoms with Crippen molar-refractivity contribution in [2.45, 2.75) is 6.42 Å². The Bertz CT molecular complexity index is 1130. The molecule has 0 amide bonds. The Hall–Kier alpha value is -3.27. The van der Waals surface area contributed by atoms with Crippen LogP contribution in [-0.4, -0.2) is 19.9 Å². The molecule has 0 bridgehead atoms. The van der Waals surface area contributed by atoms with E-state index in [1.807, 2.05) is 6.20 Å². The van der Waals surface area contributed by atoms with Crippen LogP contribution in [0.5, 0.6) is 0 Å². The number of aromatic nitrogens is 4. The number of nitrogens with one attached hydrogen (secondary N) is 3. The molecule has 0 aliphatic heterocycles. The highest BCUT2D eigenvalue weighted by Gasteiger charge is 2.16. The summed E-state index contributed by atoms with van der Waals surface area (Å²) >= 11 is 0. The van der Waals surface area contributed by atoms with Gasteiger partial charge in [-0.2, -0.15) is 0 Å². The summed E-state index contributed by atoms with van der Waals surface area (Å²) in [6.45, 7) is 0. The van der Waals surface area contributed by atoms with Crippen LogP contribution in [0.3, 0.4) is 0 Å². The molecule has 0 radical (unpaired) electrons. The van der Waals surface area contributed by atoms with Crippen molar-refractivity contribution in [1.82, 2.24) is 19.9 Å². The van der Waals surface area contributed by atoms with Gasteiger partial charge in [-0.25, -0.2) is 4.98 Å². The van der Waals surface area contributed by atoms with Crippen molar-refractivity contribution in [3.8, 4) is 11.5 Å². The number of hydrogen-bond acceptors (Lipinski definition) is 1. The van der Waals surface area contributed by atoms with Gasteiger partial charge in [-0.3, -0.25) is 0 Å². The molecule has 0 saturated heterocycles. The molecule has 0 spiro atoms. The molecule has 2 aromatic carbocycles. The molecule has 0 saturated carbocycles. The Kier molecular flexibility index (Phi) is 2.82. The number of H-pyrrole nitrogens is 3.